The molecule has 0 radical (unpaired) electrons. The Hall–Kier alpha value is -0.0800. The molecular weight excluding hydrogens is 212 g/mol. The Morgan fingerprint density at radius 1 is 0.765 bits per heavy atom. The van der Waals surface area contributed by atoms with Crippen LogP contribution in [0.2, 0.25) is 0 Å². The molecule has 0 aromatic rings. The minimum atomic E-state index is 0.351. The molecule has 1 saturated carbocycles. The molecule has 1 atom stereocenters. The number of aliphatic hydroxyl groups is 2. The summed E-state index contributed by atoms with van der Waals surface area (Å²) in [6, 6.07) is 0. The number of hydrogen-bond acceptors (Lipinski definition) is 2. The van der Waals surface area contributed by atoms with Crippen molar-refractivity contribution in [3.63, 3.8) is 0 Å². The standard InChI is InChI=1S/C15H30O2/c16-12-8-6-4-2-1-3-5-7-9-15(13-17)14-10-11-14/h14-17H,1-13H2. The van der Waals surface area contributed by atoms with Crippen LogP contribution < -0.4 is 0 Å². The van der Waals surface area contributed by atoms with Crippen LogP contribution in [-0.2, 0) is 0 Å². The second kappa shape index (κ2) is 9.90. The number of hydrogen-bond donors (Lipinski definition) is 2. The molecule has 0 aromatic heterocycles. The molecule has 1 aliphatic rings. The van der Waals surface area contributed by atoms with Gasteiger partial charge in [-0.2, -0.15) is 0 Å². The van der Waals surface area contributed by atoms with Gasteiger partial charge in [-0.25, -0.2) is 0 Å². The predicted molar refractivity (Wildman–Crippen MR) is 71.9 cm³/mol. The van der Waals surface area contributed by atoms with Gasteiger partial charge in [-0.3, -0.25) is 0 Å². The number of unbranched alkanes of at least 4 members (excludes halogenated alkanes) is 7. The van der Waals surface area contributed by atoms with Crippen LogP contribution >= 0.6 is 0 Å². The summed E-state index contributed by atoms with van der Waals surface area (Å²) in [6.45, 7) is 0.759. The summed E-state index contributed by atoms with van der Waals surface area (Å²) in [5.74, 6) is 1.47. The molecule has 2 heteroatoms. The van der Waals surface area contributed by atoms with Crippen molar-refractivity contribution in [1.82, 2.24) is 0 Å². The fraction of sp³-hybridized carbons (Fsp3) is 1.00. The first-order valence-corrected chi connectivity index (χ1v) is 7.60. The molecular formula is C15H30O2. The fourth-order valence-electron chi connectivity index (χ4n) is 2.62. The minimum Gasteiger partial charge on any atom is -0.396 e. The predicted octanol–water partition coefficient (Wildman–Crippen LogP) is 3.51. The molecule has 1 rings (SSSR count). The van der Waals surface area contributed by atoms with E-state index in [0.717, 1.165) is 12.3 Å². The van der Waals surface area contributed by atoms with Gasteiger partial charge in [-0.15, -0.1) is 0 Å². The van der Waals surface area contributed by atoms with Crippen molar-refractivity contribution in [2.45, 2.75) is 70.6 Å². The molecule has 1 unspecified atom stereocenters. The zero-order chi connectivity index (χ0) is 12.3. The van der Waals surface area contributed by atoms with Crippen LogP contribution in [0.4, 0.5) is 0 Å². The van der Waals surface area contributed by atoms with Gasteiger partial charge in [0.05, 0.1) is 0 Å². The molecule has 0 aliphatic heterocycles. The van der Waals surface area contributed by atoms with E-state index in [1.54, 1.807) is 0 Å². The lowest BCUT2D eigenvalue weighted by atomic mass is 9.96. The summed E-state index contributed by atoms with van der Waals surface area (Å²) in [7, 11) is 0. The van der Waals surface area contributed by atoms with Crippen LogP contribution in [0.15, 0.2) is 0 Å². The zero-order valence-corrected chi connectivity index (χ0v) is 11.2. The fourth-order valence-corrected chi connectivity index (χ4v) is 2.62. The molecule has 102 valence electrons. The second-order valence-corrected chi connectivity index (χ2v) is 5.62. The van der Waals surface area contributed by atoms with E-state index in [4.69, 9.17) is 5.11 Å². The van der Waals surface area contributed by atoms with Crippen molar-refractivity contribution in [3.05, 3.63) is 0 Å². The van der Waals surface area contributed by atoms with E-state index in [0.29, 0.717) is 19.1 Å². The summed E-state index contributed by atoms with van der Waals surface area (Å²) < 4.78 is 0. The minimum absolute atomic E-state index is 0.351. The van der Waals surface area contributed by atoms with Crippen LogP contribution in [-0.4, -0.2) is 23.4 Å². The lowest BCUT2D eigenvalue weighted by molar-refractivity contribution is 0.198. The summed E-state index contributed by atoms with van der Waals surface area (Å²) in [5, 5.41) is 17.9. The van der Waals surface area contributed by atoms with Gasteiger partial charge in [0.15, 0.2) is 0 Å². The van der Waals surface area contributed by atoms with Gasteiger partial charge < -0.3 is 10.2 Å². The van der Waals surface area contributed by atoms with Crippen molar-refractivity contribution in [3.8, 4) is 0 Å². The van der Waals surface area contributed by atoms with Crippen LogP contribution in [0, 0.1) is 11.8 Å². The van der Waals surface area contributed by atoms with Gasteiger partial charge in [-0.1, -0.05) is 44.9 Å². The van der Waals surface area contributed by atoms with Gasteiger partial charge in [0, 0.05) is 13.2 Å². The van der Waals surface area contributed by atoms with Gasteiger partial charge in [0.25, 0.3) is 0 Å². The van der Waals surface area contributed by atoms with Crippen LogP contribution in [0.3, 0.4) is 0 Å². The molecule has 0 heterocycles. The SMILES string of the molecule is OCCCCCCCCCCC(CO)C1CC1. The van der Waals surface area contributed by atoms with Crippen molar-refractivity contribution < 1.29 is 10.2 Å². The Bertz CT molecular complexity index is 166. The molecule has 0 saturated heterocycles. The molecule has 0 amide bonds. The highest BCUT2D eigenvalue weighted by atomic mass is 16.3. The van der Waals surface area contributed by atoms with Crippen LogP contribution in [0.1, 0.15) is 70.6 Å². The third-order valence-corrected chi connectivity index (χ3v) is 4.01. The smallest absolute Gasteiger partial charge is 0.0461 e. The van der Waals surface area contributed by atoms with E-state index in [9.17, 15) is 5.11 Å². The summed E-state index contributed by atoms with van der Waals surface area (Å²) in [5.41, 5.74) is 0. The van der Waals surface area contributed by atoms with Crippen LogP contribution in [0.25, 0.3) is 0 Å². The summed E-state index contributed by atoms with van der Waals surface area (Å²) in [6.07, 6.45) is 14.1. The van der Waals surface area contributed by atoms with Gasteiger partial charge >= 0.3 is 0 Å². The van der Waals surface area contributed by atoms with E-state index in [1.165, 1.54) is 64.2 Å². The number of rotatable bonds is 12. The van der Waals surface area contributed by atoms with Crippen molar-refractivity contribution in [2.24, 2.45) is 11.8 Å². The van der Waals surface area contributed by atoms with E-state index in [2.05, 4.69) is 0 Å². The lowest BCUT2D eigenvalue weighted by Gasteiger charge is -2.12. The molecule has 0 bridgehead atoms. The third-order valence-electron chi connectivity index (χ3n) is 4.01. The Labute approximate surface area is 106 Å². The first kappa shape index (κ1) is 15.0. The first-order chi connectivity index (χ1) is 8.38. The van der Waals surface area contributed by atoms with Crippen LogP contribution in [0.5, 0.6) is 0 Å². The Morgan fingerprint density at radius 2 is 1.29 bits per heavy atom. The Kier molecular flexibility index (Phi) is 8.72. The third kappa shape index (κ3) is 7.77. The Morgan fingerprint density at radius 3 is 1.76 bits per heavy atom. The summed E-state index contributed by atoms with van der Waals surface area (Å²) >= 11 is 0. The lowest BCUT2D eigenvalue weighted by Crippen LogP contribution is -2.08. The van der Waals surface area contributed by atoms with E-state index in [1.807, 2.05) is 0 Å². The average molecular weight is 242 g/mol. The van der Waals surface area contributed by atoms with Crippen molar-refractivity contribution in [2.75, 3.05) is 13.2 Å². The Balaban J connectivity index is 1.77. The van der Waals surface area contributed by atoms with Crippen molar-refractivity contribution in [1.29, 1.82) is 0 Å². The molecule has 1 fully saturated rings. The molecule has 2 nitrogen and oxygen atoms in total. The summed E-state index contributed by atoms with van der Waals surface area (Å²) in [4.78, 5) is 0. The maximum absolute atomic E-state index is 9.24. The molecule has 0 aromatic carbocycles. The largest absolute Gasteiger partial charge is 0.396 e. The zero-order valence-electron chi connectivity index (χ0n) is 11.2. The highest BCUT2D eigenvalue weighted by molar-refractivity contribution is 4.80. The van der Waals surface area contributed by atoms with Crippen molar-refractivity contribution >= 4 is 0 Å². The molecule has 1 aliphatic carbocycles. The second-order valence-electron chi connectivity index (χ2n) is 5.62. The highest BCUT2D eigenvalue weighted by Gasteiger charge is 2.29. The van der Waals surface area contributed by atoms with Gasteiger partial charge in [-0.05, 0) is 37.5 Å². The average Bonchev–Trinajstić information content (AvgIpc) is 3.16. The van der Waals surface area contributed by atoms with E-state index >= 15 is 0 Å². The molecule has 2 N–H and O–H groups in total. The van der Waals surface area contributed by atoms with Gasteiger partial charge in [0.2, 0.25) is 0 Å². The first-order valence-electron chi connectivity index (χ1n) is 7.60. The molecule has 0 spiro atoms. The normalized spacial score (nSPS) is 17.3. The van der Waals surface area contributed by atoms with E-state index in [-0.39, 0.29) is 0 Å². The number of aliphatic hydroxyl groups excluding tert-OH is 2. The van der Waals surface area contributed by atoms with E-state index < -0.39 is 0 Å². The topological polar surface area (TPSA) is 40.5 Å². The maximum atomic E-state index is 9.24. The highest BCUT2D eigenvalue weighted by Crippen LogP contribution is 2.39. The monoisotopic (exact) mass is 242 g/mol. The quantitative estimate of drug-likeness (QED) is 0.514. The maximum Gasteiger partial charge on any atom is 0.0461 e. The van der Waals surface area contributed by atoms with Gasteiger partial charge in [0.1, 0.15) is 0 Å². The molecule has 17 heavy (non-hydrogen) atoms.